The first-order valence-corrected chi connectivity index (χ1v) is 7.48. The molecule has 0 spiro atoms. The van der Waals surface area contributed by atoms with Gasteiger partial charge in [0, 0.05) is 12.4 Å². The molecule has 0 aliphatic heterocycles. The van der Waals surface area contributed by atoms with Gasteiger partial charge in [-0.25, -0.2) is 4.79 Å². The second kappa shape index (κ2) is 8.95. The van der Waals surface area contributed by atoms with Crippen LogP contribution in [0.1, 0.15) is 23.6 Å². The lowest BCUT2D eigenvalue weighted by atomic mass is 10.0. The molecule has 0 fully saturated rings. The summed E-state index contributed by atoms with van der Waals surface area (Å²) in [6.07, 6.45) is 5.33. The van der Waals surface area contributed by atoms with E-state index in [0.29, 0.717) is 13.2 Å². The van der Waals surface area contributed by atoms with E-state index >= 15 is 0 Å². The van der Waals surface area contributed by atoms with Crippen LogP contribution in [-0.4, -0.2) is 30.8 Å². The highest BCUT2D eigenvalue weighted by molar-refractivity contribution is 5.70. The zero-order valence-electron chi connectivity index (χ0n) is 12.8. The fourth-order valence-electron chi connectivity index (χ4n) is 2.11. The summed E-state index contributed by atoms with van der Waals surface area (Å²) in [6.45, 7) is 2.71. The van der Waals surface area contributed by atoms with Crippen molar-refractivity contribution >= 4 is 5.97 Å². The highest BCUT2D eigenvalue weighted by atomic mass is 16.6. The minimum atomic E-state index is -0.311. The number of ether oxygens (including phenoxy) is 2. The Hall–Kier alpha value is -2.20. The number of benzene rings is 1. The van der Waals surface area contributed by atoms with E-state index in [1.165, 1.54) is 16.7 Å². The standard InChI is InChI=1S/C18H21NO3/c1-2-22-18(20)14-21-11-9-15-5-7-16(8-6-15)12-17-4-3-10-19-13-17/h3-8,10,13H,2,9,11-12,14H2,1H3. The zero-order chi connectivity index (χ0) is 15.6. The van der Waals surface area contributed by atoms with E-state index in [9.17, 15) is 4.79 Å². The Kier molecular flexibility index (Phi) is 6.58. The van der Waals surface area contributed by atoms with Crippen LogP contribution in [0.5, 0.6) is 0 Å². The number of esters is 1. The number of pyridine rings is 1. The predicted octanol–water partition coefficient (Wildman–Crippen LogP) is 2.79. The van der Waals surface area contributed by atoms with E-state index in [4.69, 9.17) is 9.47 Å². The molecule has 1 aromatic heterocycles. The van der Waals surface area contributed by atoms with Crippen LogP contribution in [0, 0.1) is 0 Å². The monoisotopic (exact) mass is 299 g/mol. The molecular weight excluding hydrogens is 278 g/mol. The lowest BCUT2D eigenvalue weighted by Crippen LogP contribution is -2.13. The van der Waals surface area contributed by atoms with Crippen molar-refractivity contribution in [1.29, 1.82) is 0 Å². The Balaban J connectivity index is 1.74. The highest BCUT2D eigenvalue weighted by Gasteiger charge is 2.02. The van der Waals surface area contributed by atoms with Gasteiger partial charge in [0.05, 0.1) is 13.2 Å². The second-order valence-corrected chi connectivity index (χ2v) is 4.96. The van der Waals surface area contributed by atoms with Crippen molar-refractivity contribution in [3.05, 3.63) is 65.5 Å². The van der Waals surface area contributed by atoms with Gasteiger partial charge in [-0.15, -0.1) is 0 Å². The maximum absolute atomic E-state index is 11.1. The predicted molar refractivity (Wildman–Crippen MR) is 84.6 cm³/mol. The molecule has 2 rings (SSSR count). The summed E-state index contributed by atoms with van der Waals surface area (Å²) in [5, 5.41) is 0. The molecular formula is C18H21NO3. The Bertz CT molecular complexity index is 567. The van der Waals surface area contributed by atoms with Gasteiger partial charge in [0.15, 0.2) is 0 Å². The number of hydrogen-bond acceptors (Lipinski definition) is 4. The average Bonchev–Trinajstić information content (AvgIpc) is 2.54. The highest BCUT2D eigenvalue weighted by Crippen LogP contribution is 2.10. The van der Waals surface area contributed by atoms with Gasteiger partial charge in [0.2, 0.25) is 0 Å². The summed E-state index contributed by atoms with van der Waals surface area (Å²) in [7, 11) is 0. The molecule has 4 nitrogen and oxygen atoms in total. The van der Waals surface area contributed by atoms with Crippen molar-refractivity contribution in [2.75, 3.05) is 19.8 Å². The fraction of sp³-hybridized carbons (Fsp3) is 0.333. The van der Waals surface area contributed by atoms with Gasteiger partial charge in [-0.05, 0) is 42.5 Å². The summed E-state index contributed by atoms with van der Waals surface area (Å²) in [4.78, 5) is 15.2. The number of aromatic nitrogens is 1. The summed E-state index contributed by atoms with van der Waals surface area (Å²) < 4.78 is 10.1. The SMILES string of the molecule is CCOC(=O)COCCc1ccc(Cc2cccnc2)cc1. The summed E-state index contributed by atoms with van der Waals surface area (Å²) >= 11 is 0. The molecule has 0 aliphatic rings. The van der Waals surface area contributed by atoms with Gasteiger partial charge >= 0.3 is 5.97 Å². The van der Waals surface area contributed by atoms with Gasteiger partial charge < -0.3 is 9.47 Å². The summed E-state index contributed by atoms with van der Waals surface area (Å²) in [6, 6.07) is 12.5. The van der Waals surface area contributed by atoms with E-state index in [2.05, 4.69) is 35.3 Å². The minimum Gasteiger partial charge on any atom is -0.464 e. The first kappa shape index (κ1) is 16.2. The lowest BCUT2D eigenvalue weighted by Gasteiger charge is -2.06. The Morgan fingerprint density at radius 2 is 1.86 bits per heavy atom. The number of carbonyl (C=O) groups is 1. The molecule has 0 saturated heterocycles. The van der Waals surface area contributed by atoms with E-state index in [-0.39, 0.29) is 12.6 Å². The van der Waals surface area contributed by atoms with Crippen LogP contribution in [0.2, 0.25) is 0 Å². The zero-order valence-corrected chi connectivity index (χ0v) is 12.8. The van der Waals surface area contributed by atoms with Crippen molar-refractivity contribution in [1.82, 2.24) is 4.98 Å². The van der Waals surface area contributed by atoms with Gasteiger partial charge in [0.25, 0.3) is 0 Å². The third-order valence-corrected chi connectivity index (χ3v) is 3.21. The van der Waals surface area contributed by atoms with Crippen molar-refractivity contribution in [2.24, 2.45) is 0 Å². The number of hydrogen-bond donors (Lipinski definition) is 0. The van der Waals surface area contributed by atoms with E-state index < -0.39 is 0 Å². The molecule has 2 aromatic rings. The molecule has 0 saturated carbocycles. The largest absolute Gasteiger partial charge is 0.464 e. The lowest BCUT2D eigenvalue weighted by molar-refractivity contribution is -0.148. The van der Waals surface area contributed by atoms with Crippen LogP contribution in [0.25, 0.3) is 0 Å². The molecule has 0 aliphatic carbocycles. The van der Waals surface area contributed by atoms with E-state index in [1.807, 2.05) is 12.3 Å². The van der Waals surface area contributed by atoms with Crippen LogP contribution in [0.3, 0.4) is 0 Å². The van der Waals surface area contributed by atoms with Crippen LogP contribution in [0.4, 0.5) is 0 Å². The fourth-order valence-corrected chi connectivity index (χ4v) is 2.11. The number of nitrogens with zero attached hydrogens (tertiary/aromatic N) is 1. The van der Waals surface area contributed by atoms with Gasteiger partial charge in [0.1, 0.15) is 6.61 Å². The molecule has 0 N–H and O–H groups in total. The molecule has 0 unspecified atom stereocenters. The molecule has 4 heteroatoms. The molecule has 1 heterocycles. The number of rotatable bonds is 8. The van der Waals surface area contributed by atoms with Crippen molar-refractivity contribution in [2.45, 2.75) is 19.8 Å². The third kappa shape index (κ3) is 5.66. The minimum absolute atomic E-state index is 0.0208. The topological polar surface area (TPSA) is 48.4 Å². The van der Waals surface area contributed by atoms with Crippen molar-refractivity contribution in [3.8, 4) is 0 Å². The summed E-state index contributed by atoms with van der Waals surface area (Å²) in [5.41, 5.74) is 3.65. The first-order valence-electron chi connectivity index (χ1n) is 7.48. The number of carbonyl (C=O) groups excluding carboxylic acids is 1. The first-order chi connectivity index (χ1) is 10.8. The van der Waals surface area contributed by atoms with E-state index in [1.54, 1.807) is 13.1 Å². The maximum Gasteiger partial charge on any atom is 0.332 e. The van der Waals surface area contributed by atoms with Crippen LogP contribution < -0.4 is 0 Å². The normalized spacial score (nSPS) is 10.4. The molecule has 116 valence electrons. The molecule has 1 aromatic carbocycles. The second-order valence-electron chi connectivity index (χ2n) is 4.96. The molecule has 0 atom stereocenters. The molecule has 0 bridgehead atoms. The van der Waals surface area contributed by atoms with Crippen LogP contribution in [-0.2, 0) is 27.1 Å². The Morgan fingerprint density at radius 1 is 1.09 bits per heavy atom. The van der Waals surface area contributed by atoms with Crippen LogP contribution in [0.15, 0.2) is 48.8 Å². The summed E-state index contributed by atoms with van der Waals surface area (Å²) in [5.74, 6) is -0.311. The average molecular weight is 299 g/mol. The Morgan fingerprint density at radius 3 is 2.55 bits per heavy atom. The van der Waals surface area contributed by atoms with Crippen molar-refractivity contribution < 1.29 is 14.3 Å². The van der Waals surface area contributed by atoms with Gasteiger partial charge in [-0.1, -0.05) is 30.3 Å². The quantitative estimate of drug-likeness (QED) is 0.555. The Labute approximate surface area is 131 Å². The van der Waals surface area contributed by atoms with Crippen LogP contribution >= 0.6 is 0 Å². The van der Waals surface area contributed by atoms with Crippen molar-refractivity contribution in [3.63, 3.8) is 0 Å². The molecule has 22 heavy (non-hydrogen) atoms. The third-order valence-electron chi connectivity index (χ3n) is 3.21. The molecule has 0 radical (unpaired) electrons. The maximum atomic E-state index is 11.1. The van der Waals surface area contributed by atoms with Gasteiger partial charge in [-0.2, -0.15) is 0 Å². The van der Waals surface area contributed by atoms with E-state index in [0.717, 1.165) is 12.8 Å². The van der Waals surface area contributed by atoms with Gasteiger partial charge in [-0.3, -0.25) is 4.98 Å². The smallest absolute Gasteiger partial charge is 0.332 e. The molecule has 0 amide bonds.